The number of likely N-dealkylation sites (tertiary alicyclic amines) is 1. The summed E-state index contributed by atoms with van der Waals surface area (Å²) in [5, 5.41) is 22.3. The number of nitrogens with one attached hydrogen (secondary N) is 1. The van der Waals surface area contributed by atoms with Gasteiger partial charge < -0.3 is 20.4 Å². The molecule has 0 saturated carbocycles. The molecule has 0 bridgehead atoms. The van der Waals surface area contributed by atoms with E-state index in [9.17, 15) is 10.2 Å². The van der Waals surface area contributed by atoms with Gasteiger partial charge in [-0.1, -0.05) is 13.0 Å². The predicted molar refractivity (Wildman–Crippen MR) is 76.3 cm³/mol. The molecule has 0 aliphatic carbocycles. The molecule has 1 aliphatic heterocycles. The van der Waals surface area contributed by atoms with Gasteiger partial charge >= 0.3 is 0 Å². The summed E-state index contributed by atoms with van der Waals surface area (Å²) >= 11 is 0. The molecule has 0 unspecified atom stereocenters. The molecule has 1 saturated heterocycles. The van der Waals surface area contributed by atoms with Gasteiger partial charge in [0.05, 0.1) is 0 Å². The number of phenolic OH excluding ortho intramolecular Hbond substituents is 2. The molecule has 1 aliphatic rings. The van der Waals surface area contributed by atoms with Crippen LogP contribution in [-0.2, 0) is 6.54 Å². The highest BCUT2D eigenvalue weighted by Gasteiger charge is 2.17. The van der Waals surface area contributed by atoms with Crippen molar-refractivity contribution in [2.45, 2.75) is 26.3 Å². The van der Waals surface area contributed by atoms with Gasteiger partial charge in [0, 0.05) is 18.2 Å². The second kappa shape index (κ2) is 6.78. The summed E-state index contributed by atoms with van der Waals surface area (Å²) in [6, 6.07) is 4.75. The van der Waals surface area contributed by atoms with Crippen LogP contribution in [0.5, 0.6) is 11.5 Å². The van der Waals surface area contributed by atoms with Gasteiger partial charge in [0.25, 0.3) is 0 Å². The van der Waals surface area contributed by atoms with Gasteiger partial charge in [-0.25, -0.2) is 0 Å². The maximum absolute atomic E-state index is 9.69. The maximum atomic E-state index is 9.69. The Bertz CT molecular complexity index is 401. The van der Waals surface area contributed by atoms with E-state index in [1.807, 2.05) is 0 Å². The topological polar surface area (TPSA) is 55.7 Å². The normalized spacial score (nSPS) is 17.7. The van der Waals surface area contributed by atoms with Crippen LogP contribution in [0, 0.1) is 5.92 Å². The molecule has 3 N–H and O–H groups in total. The second-order valence-corrected chi connectivity index (χ2v) is 5.32. The summed E-state index contributed by atoms with van der Waals surface area (Å²) < 4.78 is 0. The van der Waals surface area contributed by atoms with Crippen molar-refractivity contribution >= 4 is 0 Å². The number of hydrogen-bond acceptors (Lipinski definition) is 4. The third kappa shape index (κ3) is 4.11. The van der Waals surface area contributed by atoms with Gasteiger partial charge in [0.1, 0.15) is 11.5 Å². The Morgan fingerprint density at radius 1 is 1.26 bits per heavy atom. The highest BCUT2D eigenvalue weighted by molar-refractivity contribution is 5.38. The van der Waals surface area contributed by atoms with Crippen LogP contribution in [0.4, 0.5) is 0 Å². The van der Waals surface area contributed by atoms with Gasteiger partial charge in [-0.3, -0.25) is 0 Å². The Balaban J connectivity index is 1.72. The number of benzene rings is 1. The Hall–Kier alpha value is -1.26. The number of aromatic hydroxyl groups is 2. The molecule has 1 aromatic carbocycles. The van der Waals surface area contributed by atoms with E-state index < -0.39 is 0 Å². The van der Waals surface area contributed by atoms with Crippen molar-refractivity contribution < 1.29 is 10.2 Å². The molecule has 106 valence electrons. The first-order valence-corrected chi connectivity index (χ1v) is 7.13. The summed E-state index contributed by atoms with van der Waals surface area (Å²) in [5.74, 6) is 1.00. The van der Waals surface area contributed by atoms with Crippen molar-refractivity contribution in [1.82, 2.24) is 10.2 Å². The van der Waals surface area contributed by atoms with Crippen LogP contribution < -0.4 is 5.32 Å². The van der Waals surface area contributed by atoms with E-state index >= 15 is 0 Å². The first kappa shape index (κ1) is 14.2. The predicted octanol–water partition coefficient (Wildman–Crippen LogP) is 1.92. The van der Waals surface area contributed by atoms with Crippen molar-refractivity contribution in [2.24, 2.45) is 5.92 Å². The zero-order chi connectivity index (χ0) is 13.7. The van der Waals surface area contributed by atoms with Crippen LogP contribution in [0.2, 0.25) is 0 Å². The molecule has 4 nitrogen and oxygen atoms in total. The van der Waals surface area contributed by atoms with E-state index in [0.717, 1.165) is 24.6 Å². The van der Waals surface area contributed by atoms with Crippen molar-refractivity contribution in [1.29, 1.82) is 0 Å². The van der Waals surface area contributed by atoms with Crippen LogP contribution in [0.3, 0.4) is 0 Å². The van der Waals surface area contributed by atoms with Crippen LogP contribution in [-0.4, -0.2) is 41.3 Å². The Morgan fingerprint density at radius 2 is 2.00 bits per heavy atom. The fourth-order valence-electron chi connectivity index (χ4n) is 2.62. The largest absolute Gasteiger partial charge is 0.508 e. The maximum Gasteiger partial charge on any atom is 0.123 e. The van der Waals surface area contributed by atoms with E-state index in [1.54, 1.807) is 12.1 Å². The molecule has 1 heterocycles. The molecule has 4 heteroatoms. The summed E-state index contributed by atoms with van der Waals surface area (Å²) in [6.45, 7) is 7.42. The fourth-order valence-corrected chi connectivity index (χ4v) is 2.62. The smallest absolute Gasteiger partial charge is 0.123 e. The minimum atomic E-state index is 0.105. The average molecular weight is 264 g/mol. The zero-order valence-electron chi connectivity index (χ0n) is 11.6. The molecule has 0 amide bonds. The lowest BCUT2D eigenvalue weighted by Crippen LogP contribution is -2.36. The Labute approximate surface area is 115 Å². The van der Waals surface area contributed by atoms with Crippen LogP contribution in [0.15, 0.2) is 18.2 Å². The molecular formula is C15H24N2O2. The third-order valence-electron chi connectivity index (χ3n) is 3.97. The van der Waals surface area contributed by atoms with E-state index in [2.05, 4.69) is 17.1 Å². The van der Waals surface area contributed by atoms with Gasteiger partial charge in [-0.05, 0) is 51.0 Å². The molecule has 0 spiro atoms. The minimum absolute atomic E-state index is 0.105. The molecule has 0 aromatic heterocycles. The molecule has 19 heavy (non-hydrogen) atoms. The van der Waals surface area contributed by atoms with Crippen molar-refractivity contribution in [2.75, 3.05) is 26.2 Å². The van der Waals surface area contributed by atoms with Crippen molar-refractivity contribution in [3.63, 3.8) is 0 Å². The molecule has 2 rings (SSSR count). The Morgan fingerprint density at radius 3 is 2.63 bits per heavy atom. The quantitative estimate of drug-likeness (QED) is 0.760. The summed E-state index contributed by atoms with van der Waals surface area (Å²) in [5.41, 5.74) is 0.837. The van der Waals surface area contributed by atoms with Crippen LogP contribution in [0.25, 0.3) is 0 Å². The summed E-state index contributed by atoms with van der Waals surface area (Å²) in [6.07, 6.45) is 2.50. The SMILES string of the molecule is CCN1CCC(CNCc2ccc(O)cc2O)CC1. The van der Waals surface area contributed by atoms with Gasteiger partial charge in [-0.15, -0.1) is 0 Å². The van der Waals surface area contributed by atoms with Crippen molar-refractivity contribution in [3.05, 3.63) is 23.8 Å². The average Bonchev–Trinajstić information content (AvgIpc) is 2.42. The minimum Gasteiger partial charge on any atom is -0.508 e. The monoisotopic (exact) mass is 264 g/mol. The third-order valence-corrected chi connectivity index (χ3v) is 3.97. The number of nitrogens with zero attached hydrogens (tertiary/aromatic N) is 1. The molecule has 0 radical (unpaired) electrons. The number of rotatable bonds is 5. The van der Waals surface area contributed by atoms with Gasteiger partial charge in [0.2, 0.25) is 0 Å². The number of hydrogen-bond donors (Lipinski definition) is 3. The lowest BCUT2D eigenvalue weighted by Gasteiger charge is -2.31. The highest BCUT2D eigenvalue weighted by Crippen LogP contribution is 2.22. The van der Waals surface area contributed by atoms with Crippen LogP contribution >= 0.6 is 0 Å². The standard InChI is InChI=1S/C15H24N2O2/c1-2-17-7-5-12(6-8-17)10-16-11-13-3-4-14(18)9-15(13)19/h3-4,9,12,16,18-19H,2,5-8,10-11H2,1H3. The summed E-state index contributed by atoms with van der Waals surface area (Å²) in [4.78, 5) is 2.49. The lowest BCUT2D eigenvalue weighted by molar-refractivity contribution is 0.190. The van der Waals surface area contributed by atoms with Crippen molar-refractivity contribution in [3.8, 4) is 11.5 Å². The second-order valence-electron chi connectivity index (χ2n) is 5.32. The van der Waals surface area contributed by atoms with E-state index in [0.29, 0.717) is 6.54 Å². The number of phenols is 2. The van der Waals surface area contributed by atoms with E-state index in [1.165, 1.54) is 32.0 Å². The number of piperidine rings is 1. The first-order chi connectivity index (χ1) is 9.19. The zero-order valence-corrected chi connectivity index (χ0v) is 11.6. The molecule has 1 aromatic rings. The van der Waals surface area contributed by atoms with E-state index in [-0.39, 0.29) is 11.5 Å². The van der Waals surface area contributed by atoms with Gasteiger partial charge in [0.15, 0.2) is 0 Å². The summed E-state index contributed by atoms with van der Waals surface area (Å²) in [7, 11) is 0. The Kier molecular flexibility index (Phi) is 5.05. The highest BCUT2D eigenvalue weighted by atomic mass is 16.3. The molecule has 0 atom stereocenters. The lowest BCUT2D eigenvalue weighted by atomic mass is 9.97. The fraction of sp³-hybridized carbons (Fsp3) is 0.600. The molecular weight excluding hydrogens is 240 g/mol. The van der Waals surface area contributed by atoms with E-state index in [4.69, 9.17) is 0 Å². The van der Waals surface area contributed by atoms with Crippen LogP contribution in [0.1, 0.15) is 25.3 Å². The first-order valence-electron chi connectivity index (χ1n) is 7.13. The van der Waals surface area contributed by atoms with Gasteiger partial charge in [-0.2, -0.15) is 0 Å². The molecule has 1 fully saturated rings.